The Kier molecular flexibility index (Phi) is 6.65. The SMILES string of the molecule is N#C/C(C(=O)N1CCCCC1)=c1/s/c(=C/c2ccncc2)c(=O)n1-c1ccccc1C(F)(F)F. The van der Waals surface area contributed by atoms with Gasteiger partial charge in [-0.2, -0.15) is 18.4 Å². The lowest BCUT2D eigenvalue weighted by Crippen LogP contribution is -2.39. The fourth-order valence-electron chi connectivity index (χ4n) is 3.83. The number of rotatable bonds is 3. The Balaban J connectivity index is 2.06. The number of amides is 1. The molecule has 174 valence electrons. The van der Waals surface area contributed by atoms with Gasteiger partial charge < -0.3 is 4.90 Å². The minimum atomic E-state index is -4.74. The van der Waals surface area contributed by atoms with Gasteiger partial charge in [-0.1, -0.05) is 12.1 Å². The number of thiazole rings is 1. The van der Waals surface area contributed by atoms with Gasteiger partial charge in [0.2, 0.25) is 0 Å². The second kappa shape index (κ2) is 9.65. The molecular weight excluding hydrogens is 465 g/mol. The topological polar surface area (TPSA) is 79.0 Å². The summed E-state index contributed by atoms with van der Waals surface area (Å²) in [6, 6.07) is 9.77. The predicted octanol–water partition coefficient (Wildman–Crippen LogP) is 2.83. The lowest BCUT2D eigenvalue weighted by atomic mass is 10.1. The number of nitriles is 1. The van der Waals surface area contributed by atoms with E-state index in [1.54, 1.807) is 12.1 Å². The Hall–Kier alpha value is -3.71. The molecule has 0 spiro atoms. The van der Waals surface area contributed by atoms with Crippen molar-refractivity contribution in [2.24, 2.45) is 0 Å². The number of carbonyl (C=O) groups excluding carboxylic acids is 1. The number of hydrogen-bond donors (Lipinski definition) is 0. The molecule has 3 heterocycles. The molecule has 2 aromatic heterocycles. The Morgan fingerprint density at radius 2 is 1.76 bits per heavy atom. The Morgan fingerprint density at radius 1 is 1.09 bits per heavy atom. The van der Waals surface area contributed by atoms with Crippen molar-refractivity contribution >= 4 is 28.9 Å². The number of benzene rings is 1. The van der Waals surface area contributed by atoms with Crippen molar-refractivity contribution in [2.45, 2.75) is 25.4 Å². The van der Waals surface area contributed by atoms with Crippen LogP contribution in [-0.2, 0) is 11.0 Å². The smallest absolute Gasteiger partial charge is 0.338 e. The third-order valence-electron chi connectivity index (χ3n) is 5.46. The minimum Gasteiger partial charge on any atom is -0.338 e. The van der Waals surface area contributed by atoms with Crippen molar-refractivity contribution < 1.29 is 18.0 Å². The van der Waals surface area contributed by atoms with Crippen LogP contribution in [0.25, 0.3) is 17.3 Å². The Morgan fingerprint density at radius 3 is 2.41 bits per heavy atom. The van der Waals surface area contributed by atoms with Crippen LogP contribution in [-0.4, -0.2) is 33.4 Å². The van der Waals surface area contributed by atoms with E-state index in [0.29, 0.717) is 18.7 Å². The molecule has 1 aromatic carbocycles. The van der Waals surface area contributed by atoms with Crippen LogP contribution >= 0.6 is 11.3 Å². The number of piperidine rings is 1. The average Bonchev–Trinajstić information content (AvgIpc) is 3.15. The van der Waals surface area contributed by atoms with Gasteiger partial charge in [0.1, 0.15) is 10.7 Å². The molecule has 10 heteroatoms. The molecule has 0 unspecified atom stereocenters. The number of likely N-dealkylation sites (tertiary alicyclic amines) is 1. The van der Waals surface area contributed by atoms with E-state index in [4.69, 9.17) is 0 Å². The molecule has 34 heavy (non-hydrogen) atoms. The molecule has 4 rings (SSSR count). The highest BCUT2D eigenvalue weighted by Crippen LogP contribution is 2.33. The summed E-state index contributed by atoms with van der Waals surface area (Å²) in [5, 5.41) is 9.89. The molecule has 0 radical (unpaired) electrons. The summed E-state index contributed by atoms with van der Waals surface area (Å²) in [6.07, 6.45) is 2.31. The van der Waals surface area contributed by atoms with E-state index >= 15 is 0 Å². The monoisotopic (exact) mass is 484 g/mol. The zero-order valence-corrected chi connectivity index (χ0v) is 18.7. The minimum absolute atomic E-state index is 0.0948. The van der Waals surface area contributed by atoms with Crippen LogP contribution in [0.15, 0.2) is 53.6 Å². The molecule has 1 aliphatic rings. The molecule has 0 N–H and O–H groups in total. The van der Waals surface area contributed by atoms with Crippen LogP contribution in [0, 0.1) is 11.3 Å². The molecule has 6 nitrogen and oxygen atoms in total. The number of alkyl halides is 3. The molecule has 0 saturated carbocycles. The highest BCUT2D eigenvalue weighted by atomic mass is 32.1. The van der Waals surface area contributed by atoms with E-state index in [-0.39, 0.29) is 14.8 Å². The average molecular weight is 485 g/mol. The predicted molar refractivity (Wildman–Crippen MR) is 121 cm³/mol. The number of halogens is 3. The van der Waals surface area contributed by atoms with E-state index in [2.05, 4.69) is 4.98 Å². The first-order valence-electron chi connectivity index (χ1n) is 10.5. The molecule has 0 atom stereocenters. The van der Waals surface area contributed by atoms with Gasteiger partial charge in [-0.05, 0) is 55.2 Å². The third-order valence-corrected chi connectivity index (χ3v) is 6.55. The van der Waals surface area contributed by atoms with Crippen molar-refractivity contribution in [3.63, 3.8) is 0 Å². The van der Waals surface area contributed by atoms with Crippen LogP contribution in [0.3, 0.4) is 0 Å². The maximum absolute atomic E-state index is 13.8. The molecule has 1 saturated heterocycles. The molecule has 3 aromatic rings. The summed E-state index contributed by atoms with van der Waals surface area (Å²) in [4.78, 5) is 32.0. The van der Waals surface area contributed by atoms with Gasteiger partial charge in [0.25, 0.3) is 11.5 Å². The van der Waals surface area contributed by atoms with Crippen LogP contribution in [0.1, 0.15) is 30.4 Å². The summed E-state index contributed by atoms with van der Waals surface area (Å²) in [7, 11) is 0. The Bertz CT molecular complexity index is 1430. The van der Waals surface area contributed by atoms with Crippen molar-refractivity contribution in [3.8, 4) is 11.8 Å². The van der Waals surface area contributed by atoms with Crippen LogP contribution < -0.4 is 14.8 Å². The van der Waals surface area contributed by atoms with E-state index < -0.39 is 28.9 Å². The highest BCUT2D eigenvalue weighted by molar-refractivity contribution is 7.07. The molecule has 1 fully saturated rings. The fraction of sp³-hybridized carbons (Fsp3) is 0.250. The lowest BCUT2D eigenvalue weighted by Gasteiger charge is -2.26. The summed E-state index contributed by atoms with van der Waals surface area (Å²) in [5.41, 5.74) is -1.95. The molecule has 0 aliphatic carbocycles. The summed E-state index contributed by atoms with van der Waals surface area (Å²) in [6.45, 7) is 0.906. The molecule has 0 bridgehead atoms. The van der Waals surface area contributed by atoms with Crippen molar-refractivity contribution in [3.05, 3.63) is 79.5 Å². The first kappa shape index (κ1) is 23.4. The van der Waals surface area contributed by atoms with Crippen molar-refractivity contribution in [1.82, 2.24) is 14.5 Å². The van der Waals surface area contributed by atoms with Gasteiger partial charge in [-0.3, -0.25) is 19.1 Å². The lowest BCUT2D eigenvalue weighted by molar-refractivity contribution is -0.137. The van der Waals surface area contributed by atoms with Gasteiger partial charge in [0.05, 0.1) is 15.8 Å². The van der Waals surface area contributed by atoms with E-state index in [1.807, 2.05) is 6.07 Å². The quantitative estimate of drug-likeness (QED) is 0.573. The molecule has 1 aliphatic heterocycles. The molecule has 1 amide bonds. The normalized spacial score (nSPS) is 15.7. The van der Waals surface area contributed by atoms with Gasteiger partial charge in [0.15, 0.2) is 5.57 Å². The maximum Gasteiger partial charge on any atom is 0.418 e. The zero-order chi connectivity index (χ0) is 24.3. The Labute approximate surface area is 196 Å². The third kappa shape index (κ3) is 4.65. The largest absolute Gasteiger partial charge is 0.418 e. The zero-order valence-electron chi connectivity index (χ0n) is 17.9. The van der Waals surface area contributed by atoms with Crippen LogP contribution in [0.4, 0.5) is 13.2 Å². The summed E-state index contributed by atoms with van der Waals surface area (Å²) in [5.74, 6) is -0.586. The van der Waals surface area contributed by atoms with Crippen LogP contribution in [0.5, 0.6) is 0 Å². The summed E-state index contributed by atoms with van der Waals surface area (Å²) < 4.78 is 42.2. The standard InChI is InChI=1S/C24H19F3N4O2S/c25-24(26,27)18-6-2-3-7-19(18)31-22(33)20(14-16-8-10-29-11-9-16)34-23(31)17(15-28)21(32)30-12-4-1-5-13-30/h2-3,6-11,14H,1,4-5,12-13H2/b20-14+,23-17-. The van der Waals surface area contributed by atoms with Crippen LogP contribution in [0.2, 0.25) is 0 Å². The summed E-state index contributed by atoms with van der Waals surface area (Å²) >= 11 is 0.820. The first-order chi connectivity index (χ1) is 16.3. The fourth-order valence-corrected chi connectivity index (χ4v) is 4.92. The first-order valence-corrected chi connectivity index (χ1v) is 11.4. The highest BCUT2D eigenvalue weighted by Gasteiger charge is 2.35. The van der Waals surface area contributed by atoms with Crippen molar-refractivity contribution in [1.29, 1.82) is 5.26 Å². The van der Waals surface area contributed by atoms with E-state index in [1.165, 1.54) is 35.5 Å². The second-order valence-electron chi connectivity index (χ2n) is 7.69. The molecular formula is C24H19F3N4O2S. The van der Waals surface area contributed by atoms with E-state index in [0.717, 1.165) is 47.3 Å². The van der Waals surface area contributed by atoms with Gasteiger partial charge in [-0.25, -0.2) is 0 Å². The maximum atomic E-state index is 13.8. The van der Waals surface area contributed by atoms with Crippen molar-refractivity contribution in [2.75, 3.05) is 13.1 Å². The number of pyridine rings is 1. The van der Waals surface area contributed by atoms with Gasteiger partial charge >= 0.3 is 6.18 Å². The number of hydrogen-bond acceptors (Lipinski definition) is 5. The number of carbonyl (C=O) groups is 1. The number of para-hydroxylation sites is 1. The van der Waals surface area contributed by atoms with Gasteiger partial charge in [-0.15, -0.1) is 11.3 Å². The van der Waals surface area contributed by atoms with E-state index in [9.17, 15) is 28.0 Å². The number of nitrogens with zero attached hydrogens (tertiary/aromatic N) is 4. The second-order valence-corrected chi connectivity index (χ2v) is 8.72. The van der Waals surface area contributed by atoms with Gasteiger partial charge in [0, 0.05) is 25.5 Å². The number of aromatic nitrogens is 2.